The monoisotopic (exact) mass is 335 g/mol. The Hall–Kier alpha value is -2.92. The highest BCUT2D eigenvalue weighted by Gasteiger charge is 2.11. The molecule has 2 N–H and O–H groups in total. The third-order valence-electron chi connectivity index (χ3n) is 3.74. The molecule has 0 aliphatic rings. The minimum Gasteiger partial charge on any atom is -0.368 e. The Bertz CT molecular complexity index is 993. The molecule has 24 heavy (non-hydrogen) atoms. The molecule has 0 saturated heterocycles. The van der Waals surface area contributed by atoms with E-state index < -0.39 is 0 Å². The van der Waals surface area contributed by atoms with E-state index in [0.717, 1.165) is 16.8 Å². The first-order valence-electron chi connectivity index (χ1n) is 7.51. The van der Waals surface area contributed by atoms with Gasteiger partial charge in [0.25, 0.3) is 0 Å². The number of hydrogen-bond donors (Lipinski definition) is 1. The van der Waals surface area contributed by atoms with Crippen LogP contribution in [0.1, 0.15) is 11.4 Å². The molecule has 2 heterocycles. The molecular formula is C18H14ClN5. The number of nitrogens with zero attached hydrogens (tertiary/aromatic N) is 4. The van der Waals surface area contributed by atoms with Crippen LogP contribution in [-0.4, -0.2) is 19.6 Å². The fourth-order valence-corrected chi connectivity index (χ4v) is 2.70. The van der Waals surface area contributed by atoms with Gasteiger partial charge in [-0.3, -0.25) is 0 Å². The summed E-state index contributed by atoms with van der Waals surface area (Å²) < 4.78 is 1.55. The van der Waals surface area contributed by atoms with Crippen LogP contribution in [0.2, 0.25) is 5.02 Å². The van der Waals surface area contributed by atoms with Gasteiger partial charge >= 0.3 is 0 Å². The Morgan fingerprint density at radius 2 is 1.71 bits per heavy atom. The van der Waals surface area contributed by atoms with E-state index in [2.05, 4.69) is 15.1 Å². The van der Waals surface area contributed by atoms with Crippen LogP contribution in [0, 0.1) is 0 Å². The lowest BCUT2D eigenvalue weighted by Crippen LogP contribution is -2.07. The van der Waals surface area contributed by atoms with E-state index in [1.54, 1.807) is 4.52 Å². The van der Waals surface area contributed by atoms with Crippen LogP contribution in [0.4, 0.5) is 5.95 Å². The van der Waals surface area contributed by atoms with E-state index >= 15 is 0 Å². The predicted octanol–water partition coefficient (Wildman–Crippen LogP) is 3.62. The maximum absolute atomic E-state index is 6.05. The fourth-order valence-electron chi connectivity index (χ4n) is 2.58. The first-order chi connectivity index (χ1) is 11.7. The number of nitrogens with two attached hydrogens (primary N) is 1. The van der Waals surface area contributed by atoms with Crippen molar-refractivity contribution in [2.24, 2.45) is 0 Å². The summed E-state index contributed by atoms with van der Waals surface area (Å²) in [7, 11) is 0. The van der Waals surface area contributed by atoms with Crippen molar-refractivity contribution in [2.75, 3.05) is 5.73 Å². The maximum Gasteiger partial charge on any atom is 0.224 e. The zero-order valence-corrected chi connectivity index (χ0v) is 13.5. The van der Waals surface area contributed by atoms with Crippen LogP contribution >= 0.6 is 11.6 Å². The van der Waals surface area contributed by atoms with Gasteiger partial charge in [0.1, 0.15) is 5.82 Å². The quantitative estimate of drug-likeness (QED) is 0.621. The van der Waals surface area contributed by atoms with Gasteiger partial charge < -0.3 is 5.73 Å². The third kappa shape index (κ3) is 2.81. The molecule has 2 aromatic carbocycles. The predicted molar refractivity (Wildman–Crippen MR) is 94.9 cm³/mol. The molecule has 0 radical (unpaired) electrons. The molecule has 118 valence electrons. The number of nitrogen functional groups attached to an aromatic ring is 1. The summed E-state index contributed by atoms with van der Waals surface area (Å²) in [5.41, 5.74) is 9.61. The summed E-state index contributed by atoms with van der Waals surface area (Å²) in [6, 6.07) is 19.4. The van der Waals surface area contributed by atoms with Crippen molar-refractivity contribution in [2.45, 2.75) is 6.42 Å². The van der Waals surface area contributed by atoms with E-state index in [1.807, 2.05) is 60.7 Å². The Morgan fingerprint density at radius 1 is 0.958 bits per heavy atom. The van der Waals surface area contributed by atoms with Crippen molar-refractivity contribution in [1.82, 2.24) is 19.6 Å². The SMILES string of the molecule is Nc1nc(Cc2ccccc2)nc2cc(-c3ccc(Cl)cc3)nn12. The van der Waals surface area contributed by atoms with Gasteiger partial charge in [0, 0.05) is 23.1 Å². The van der Waals surface area contributed by atoms with Crippen LogP contribution in [0.3, 0.4) is 0 Å². The number of benzene rings is 2. The van der Waals surface area contributed by atoms with Gasteiger partial charge in [-0.25, -0.2) is 4.98 Å². The zero-order valence-electron chi connectivity index (χ0n) is 12.7. The minimum atomic E-state index is 0.325. The fraction of sp³-hybridized carbons (Fsp3) is 0.0556. The standard InChI is InChI=1S/C18H14ClN5/c19-14-8-6-13(7-9-14)15-11-17-21-16(22-18(20)24(17)23-15)10-12-4-2-1-3-5-12/h1-9,11H,10H2,(H2,20,21,22). The van der Waals surface area contributed by atoms with Crippen molar-refractivity contribution in [1.29, 1.82) is 0 Å². The lowest BCUT2D eigenvalue weighted by atomic mass is 10.1. The Labute approximate surface area is 143 Å². The molecule has 6 heteroatoms. The van der Waals surface area contributed by atoms with Crippen molar-refractivity contribution in [3.05, 3.63) is 77.1 Å². The molecule has 0 amide bonds. The third-order valence-corrected chi connectivity index (χ3v) is 3.99. The van der Waals surface area contributed by atoms with Crippen molar-refractivity contribution >= 4 is 23.2 Å². The summed E-state index contributed by atoms with van der Waals surface area (Å²) in [5.74, 6) is 1.000. The largest absolute Gasteiger partial charge is 0.368 e. The van der Waals surface area contributed by atoms with E-state index in [4.69, 9.17) is 17.3 Å². The lowest BCUT2D eigenvalue weighted by molar-refractivity contribution is 0.867. The van der Waals surface area contributed by atoms with Gasteiger partial charge in [0.05, 0.1) is 5.69 Å². The topological polar surface area (TPSA) is 69.1 Å². The van der Waals surface area contributed by atoms with Gasteiger partial charge in [-0.2, -0.15) is 14.6 Å². The molecule has 4 rings (SSSR count). The molecule has 0 aliphatic heterocycles. The first kappa shape index (κ1) is 14.7. The highest BCUT2D eigenvalue weighted by molar-refractivity contribution is 6.30. The van der Waals surface area contributed by atoms with E-state index in [-0.39, 0.29) is 0 Å². The zero-order chi connectivity index (χ0) is 16.5. The molecule has 0 saturated carbocycles. The van der Waals surface area contributed by atoms with Gasteiger partial charge in [-0.15, -0.1) is 0 Å². The van der Waals surface area contributed by atoms with Gasteiger partial charge in [0.2, 0.25) is 5.95 Å². The van der Waals surface area contributed by atoms with Gasteiger partial charge in [0.15, 0.2) is 5.65 Å². The van der Waals surface area contributed by atoms with E-state index in [1.165, 1.54) is 0 Å². The Balaban J connectivity index is 1.74. The van der Waals surface area contributed by atoms with E-state index in [0.29, 0.717) is 28.9 Å². The lowest BCUT2D eigenvalue weighted by Gasteiger charge is -2.03. The second-order valence-electron chi connectivity index (χ2n) is 5.47. The average Bonchev–Trinajstić information content (AvgIpc) is 3.01. The van der Waals surface area contributed by atoms with Crippen LogP contribution in [0.25, 0.3) is 16.9 Å². The number of halogens is 1. The normalized spacial score (nSPS) is 11.0. The molecule has 0 unspecified atom stereocenters. The minimum absolute atomic E-state index is 0.325. The Kier molecular flexibility index (Phi) is 3.63. The molecular weight excluding hydrogens is 322 g/mol. The summed E-state index contributed by atoms with van der Waals surface area (Å²) in [6.07, 6.45) is 0.628. The molecule has 2 aromatic heterocycles. The number of rotatable bonds is 3. The van der Waals surface area contributed by atoms with Gasteiger partial charge in [-0.1, -0.05) is 54.1 Å². The maximum atomic E-state index is 6.05. The number of fused-ring (bicyclic) bond motifs is 1. The highest BCUT2D eigenvalue weighted by Crippen LogP contribution is 2.22. The van der Waals surface area contributed by atoms with Crippen LogP contribution < -0.4 is 5.73 Å². The first-order valence-corrected chi connectivity index (χ1v) is 7.89. The summed E-state index contributed by atoms with van der Waals surface area (Å²) in [6.45, 7) is 0. The molecule has 5 nitrogen and oxygen atoms in total. The molecule has 0 atom stereocenters. The molecule has 0 spiro atoms. The smallest absolute Gasteiger partial charge is 0.224 e. The Morgan fingerprint density at radius 3 is 2.46 bits per heavy atom. The van der Waals surface area contributed by atoms with Crippen LogP contribution in [-0.2, 0) is 6.42 Å². The highest BCUT2D eigenvalue weighted by atomic mass is 35.5. The van der Waals surface area contributed by atoms with Crippen molar-refractivity contribution in [3.8, 4) is 11.3 Å². The molecule has 0 fully saturated rings. The molecule has 0 bridgehead atoms. The number of aromatic nitrogens is 4. The average molecular weight is 336 g/mol. The van der Waals surface area contributed by atoms with Gasteiger partial charge in [-0.05, 0) is 17.7 Å². The van der Waals surface area contributed by atoms with Crippen LogP contribution in [0.15, 0.2) is 60.7 Å². The summed E-state index contributed by atoms with van der Waals surface area (Å²) in [4.78, 5) is 8.94. The number of anilines is 1. The van der Waals surface area contributed by atoms with Crippen LogP contribution in [0.5, 0.6) is 0 Å². The second kappa shape index (κ2) is 5.94. The number of hydrogen-bond acceptors (Lipinski definition) is 4. The molecule has 0 aliphatic carbocycles. The summed E-state index contributed by atoms with van der Waals surface area (Å²) in [5, 5.41) is 5.17. The summed E-state index contributed by atoms with van der Waals surface area (Å²) >= 11 is 5.93. The second-order valence-corrected chi connectivity index (χ2v) is 5.90. The van der Waals surface area contributed by atoms with E-state index in [9.17, 15) is 0 Å². The van der Waals surface area contributed by atoms with Crippen molar-refractivity contribution in [3.63, 3.8) is 0 Å². The molecule has 4 aromatic rings. The van der Waals surface area contributed by atoms with Crippen molar-refractivity contribution < 1.29 is 0 Å².